The molecular formula is C12H16ClF8N4O4P3. The zero-order valence-corrected chi connectivity index (χ0v) is 19.3. The van der Waals surface area contributed by atoms with Gasteiger partial charge in [0.2, 0.25) is 6.71 Å². The molecule has 0 radical (unpaired) electrons. The quantitative estimate of drug-likeness (QED) is 0.260. The molecule has 3 fully saturated rings. The Morgan fingerprint density at radius 1 is 0.594 bits per heavy atom. The molecule has 0 aliphatic carbocycles. The summed E-state index contributed by atoms with van der Waals surface area (Å²) < 4.78 is 143. The zero-order chi connectivity index (χ0) is 23.7. The van der Waals surface area contributed by atoms with E-state index in [1.54, 1.807) is 0 Å². The highest BCUT2D eigenvalue weighted by Gasteiger charge is 2.63. The van der Waals surface area contributed by atoms with Crippen molar-refractivity contribution < 1.29 is 53.2 Å². The molecule has 0 aromatic carbocycles. The number of nitrogens with zero attached hydrogens (tertiary/aromatic N) is 4. The molecule has 0 amide bonds. The van der Waals surface area contributed by atoms with Gasteiger partial charge in [-0.1, -0.05) is 0 Å². The first-order chi connectivity index (χ1) is 14.6. The molecule has 4 aliphatic rings. The number of rotatable bonds is 1. The zero-order valence-electron chi connectivity index (χ0n) is 15.8. The molecule has 0 aromatic rings. The Kier molecular flexibility index (Phi) is 6.22. The van der Waals surface area contributed by atoms with E-state index in [0.29, 0.717) is 12.8 Å². The topological polar surface area (TPSA) is 77.2 Å². The van der Waals surface area contributed by atoms with Gasteiger partial charge in [0.25, 0.3) is 0 Å². The van der Waals surface area contributed by atoms with Crippen LogP contribution in [0.3, 0.4) is 0 Å². The van der Waals surface area contributed by atoms with Crippen LogP contribution in [0.1, 0.15) is 12.8 Å². The number of hydrogen-bond acceptors (Lipinski definition) is 8. The first kappa shape index (κ1) is 25.3. The first-order valence-corrected chi connectivity index (χ1v) is 14.6. The van der Waals surface area contributed by atoms with Gasteiger partial charge < -0.3 is 0 Å². The summed E-state index contributed by atoms with van der Waals surface area (Å²) in [4.78, 5) is 0. The summed E-state index contributed by atoms with van der Waals surface area (Å²) in [6.07, 6.45) is 1.20. The van der Waals surface area contributed by atoms with E-state index in [-0.39, 0.29) is 13.1 Å². The summed E-state index contributed by atoms with van der Waals surface area (Å²) >= 11 is 6.55. The van der Waals surface area contributed by atoms with Crippen LogP contribution in [0.15, 0.2) is 13.5 Å². The lowest BCUT2D eigenvalue weighted by Gasteiger charge is -2.33. The molecule has 0 bridgehead atoms. The van der Waals surface area contributed by atoms with Crippen LogP contribution in [0, 0.1) is 0 Å². The van der Waals surface area contributed by atoms with Crippen molar-refractivity contribution >= 4 is 33.3 Å². The van der Waals surface area contributed by atoms with Crippen molar-refractivity contribution in [2.75, 3.05) is 39.5 Å². The van der Waals surface area contributed by atoms with Crippen molar-refractivity contribution in [1.82, 2.24) is 4.67 Å². The molecule has 4 heterocycles. The maximum Gasteiger partial charge on any atom is 0.347 e. The highest BCUT2D eigenvalue weighted by molar-refractivity contribution is 7.95. The average Bonchev–Trinajstić information content (AvgIpc) is 3.19. The van der Waals surface area contributed by atoms with Gasteiger partial charge in [-0.05, 0) is 24.1 Å². The minimum absolute atomic E-state index is 0.267. The standard InChI is InChI=1S/C12H16ClF8N4O4P3/c13-30(25-3-1-2-4-25)22-31(26-5-9(14,15)10(16,17)6-27-31)24-32(23-30)28-7-11(18,19)12(20,21)8-29-32/h1-8H2. The lowest BCUT2D eigenvalue weighted by molar-refractivity contribution is -0.222. The van der Waals surface area contributed by atoms with Crippen LogP contribution in [-0.2, 0) is 18.1 Å². The molecule has 32 heavy (non-hydrogen) atoms. The van der Waals surface area contributed by atoms with E-state index < -0.39 is 72.1 Å². The average molecular weight is 561 g/mol. The summed E-state index contributed by atoms with van der Waals surface area (Å²) in [5.74, 6) is -18.7. The smallest absolute Gasteiger partial charge is 0.300 e. The fraction of sp³-hybridized carbons (Fsp3) is 1.00. The normalized spacial score (nSPS) is 37.0. The number of hydrogen-bond donors (Lipinski definition) is 0. The Morgan fingerprint density at radius 3 is 1.31 bits per heavy atom. The van der Waals surface area contributed by atoms with Gasteiger partial charge in [0, 0.05) is 13.1 Å². The van der Waals surface area contributed by atoms with Gasteiger partial charge in [-0.3, -0.25) is 18.1 Å². The summed E-state index contributed by atoms with van der Waals surface area (Å²) in [6.45, 7) is -10.9. The molecule has 8 nitrogen and oxygen atoms in total. The van der Waals surface area contributed by atoms with Crippen molar-refractivity contribution in [3.05, 3.63) is 0 Å². The van der Waals surface area contributed by atoms with Crippen molar-refractivity contribution in [3.8, 4) is 0 Å². The third kappa shape index (κ3) is 4.33. The Balaban J connectivity index is 1.86. The third-order valence-corrected chi connectivity index (χ3v) is 15.1. The molecule has 3 saturated heterocycles. The molecular weight excluding hydrogens is 545 g/mol. The predicted molar refractivity (Wildman–Crippen MR) is 98.3 cm³/mol. The summed E-state index contributed by atoms with van der Waals surface area (Å²) in [6, 6.07) is 0. The Hall–Kier alpha value is 0.220. The van der Waals surface area contributed by atoms with Crippen molar-refractivity contribution in [3.63, 3.8) is 0 Å². The Bertz CT molecular complexity index is 877. The largest absolute Gasteiger partial charge is 0.347 e. The molecule has 1 atom stereocenters. The van der Waals surface area contributed by atoms with Gasteiger partial charge >= 0.3 is 39.0 Å². The van der Waals surface area contributed by atoms with Crippen LogP contribution >= 0.6 is 33.3 Å². The van der Waals surface area contributed by atoms with Gasteiger partial charge in [0.05, 0.1) is 0 Å². The van der Waals surface area contributed by atoms with Crippen LogP contribution in [0.4, 0.5) is 35.1 Å². The van der Waals surface area contributed by atoms with E-state index >= 15 is 0 Å². The highest BCUT2D eigenvalue weighted by Crippen LogP contribution is 2.83. The third-order valence-electron chi connectivity index (χ3n) is 4.85. The second-order valence-corrected chi connectivity index (χ2v) is 15.4. The summed E-state index contributed by atoms with van der Waals surface area (Å²) in [7, 11) is -9.03. The van der Waals surface area contributed by atoms with Crippen molar-refractivity contribution in [2.45, 2.75) is 36.5 Å². The lowest BCUT2D eigenvalue weighted by atomic mass is 10.2. The molecule has 4 aliphatic heterocycles. The molecule has 0 aromatic heterocycles. The van der Waals surface area contributed by atoms with Crippen LogP contribution in [-0.4, -0.2) is 67.9 Å². The molecule has 4 rings (SSSR count). The maximum atomic E-state index is 13.8. The van der Waals surface area contributed by atoms with Crippen LogP contribution in [0.25, 0.3) is 0 Å². The first-order valence-electron chi connectivity index (χ1n) is 9.01. The fourth-order valence-electron chi connectivity index (χ4n) is 2.92. The van der Waals surface area contributed by atoms with Gasteiger partial charge in [-0.15, -0.1) is 4.52 Å². The minimum atomic E-state index is -4.69. The van der Waals surface area contributed by atoms with Gasteiger partial charge in [-0.2, -0.15) is 44.2 Å². The molecule has 0 saturated carbocycles. The van der Waals surface area contributed by atoms with Crippen LogP contribution in [0.5, 0.6) is 0 Å². The van der Waals surface area contributed by atoms with E-state index in [1.165, 1.54) is 4.67 Å². The van der Waals surface area contributed by atoms with Crippen LogP contribution in [0.2, 0.25) is 0 Å². The molecule has 186 valence electrons. The molecule has 0 N–H and O–H groups in total. The minimum Gasteiger partial charge on any atom is -0.300 e. The molecule has 0 unspecified atom stereocenters. The summed E-state index contributed by atoms with van der Waals surface area (Å²) in [5, 5.41) is 0. The monoisotopic (exact) mass is 560 g/mol. The number of alkyl halides is 8. The molecule has 20 heteroatoms. The fourth-order valence-corrected chi connectivity index (χ4v) is 14.6. The van der Waals surface area contributed by atoms with E-state index in [2.05, 4.69) is 13.5 Å². The second kappa shape index (κ2) is 7.86. The van der Waals surface area contributed by atoms with Gasteiger partial charge in [-0.25, -0.2) is 4.67 Å². The van der Waals surface area contributed by atoms with E-state index in [1.807, 2.05) is 0 Å². The predicted octanol–water partition coefficient (Wildman–Crippen LogP) is 6.81. The van der Waals surface area contributed by atoms with Crippen molar-refractivity contribution in [1.29, 1.82) is 0 Å². The van der Waals surface area contributed by atoms with E-state index in [0.717, 1.165) is 0 Å². The number of halogens is 9. The Labute approximate surface area is 181 Å². The van der Waals surface area contributed by atoms with Gasteiger partial charge in [0.1, 0.15) is 26.4 Å². The van der Waals surface area contributed by atoms with E-state index in [9.17, 15) is 35.1 Å². The maximum absolute atomic E-state index is 13.8. The Morgan fingerprint density at radius 2 is 0.938 bits per heavy atom. The van der Waals surface area contributed by atoms with Crippen LogP contribution < -0.4 is 0 Å². The highest BCUT2D eigenvalue weighted by atomic mass is 35.7. The molecule has 2 spiro atoms. The van der Waals surface area contributed by atoms with Gasteiger partial charge in [0.15, 0.2) is 0 Å². The summed E-state index contributed by atoms with van der Waals surface area (Å²) in [5.41, 5.74) is 0. The lowest BCUT2D eigenvalue weighted by Crippen LogP contribution is -2.45. The van der Waals surface area contributed by atoms with Crippen molar-refractivity contribution in [2.24, 2.45) is 13.5 Å². The SMILES string of the molecule is FC1(F)COP2(=NP3(=N[P@@](Cl)(N4CCCC4)=N2)OCC(F)(F)C(F)(F)CO3)OCC1(F)F. The van der Waals surface area contributed by atoms with E-state index in [4.69, 9.17) is 29.3 Å². The second-order valence-electron chi connectivity index (χ2n) is 7.32.